The third-order valence-electron chi connectivity index (χ3n) is 3.65. The Balaban J connectivity index is 2.04. The van der Waals surface area contributed by atoms with Gasteiger partial charge in [-0.25, -0.2) is 0 Å². The van der Waals surface area contributed by atoms with Crippen LogP contribution >= 0.6 is 0 Å². The minimum atomic E-state index is -0.347. The van der Waals surface area contributed by atoms with Crippen LogP contribution in [0.5, 0.6) is 5.75 Å². The summed E-state index contributed by atoms with van der Waals surface area (Å²) in [7, 11) is 0. The molecule has 0 unspecified atom stereocenters. The van der Waals surface area contributed by atoms with Gasteiger partial charge in [0.1, 0.15) is 12.3 Å². The van der Waals surface area contributed by atoms with Crippen molar-refractivity contribution in [3.05, 3.63) is 23.8 Å². The van der Waals surface area contributed by atoms with Crippen molar-refractivity contribution < 1.29 is 29.0 Å². The summed E-state index contributed by atoms with van der Waals surface area (Å²) in [5.41, 5.74) is 0.893. The van der Waals surface area contributed by atoms with Crippen molar-refractivity contribution >= 4 is 23.3 Å². The van der Waals surface area contributed by atoms with Gasteiger partial charge in [0.2, 0.25) is 5.91 Å². The second-order valence-corrected chi connectivity index (χ2v) is 5.41. The molecule has 1 heterocycles. The van der Waals surface area contributed by atoms with Gasteiger partial charge >= 0.3 is 0 Å². The number of rotatable bonds is 9. The Hall–Kier alpha value is -2.45. The molecule has 0 radical (unpaired) electrons. The highest BCUT2D eigenvalue weighted by atomic mass is 16.5. The van der Waals surface area contributed by atoms with Gasteiger partial charge in [0.05, 0.1) is 25.5 Å². The molecule has 136 valence electrons. The zero-order valence-electron chi connectivity index (χ0n) is 14.1. The number of carbonyl (C=O) groups excluding carboxylic acids is 3. The molecule has 2 N–H and O–H groups in total. The van der Waals surface area contributed by atoms with Gasteiger partial charge in [-0.1, -0.05) is 6.92 Å². The van der Waals surface area contributed by atoms with Crippen molar-refractivity contribution in [1.82, 2.24) is 5.32 Å². The summed E-state index contributed by atoms with van der Waals surface area (Å²) in [6.07, 6.45) is 0.349. The molecule has 0 bridgehead atoms. The molecule has 2 rings (SSSR count). The van der Waals surface area contributed by atoms with E-state index in [1.54, 1.807) is 25.1 Å². The highest BCUT2D eigenvalue weighted by molar-refractivity contribution is 6.04. The number of aliphatic hydroxyl groups excluding tert-OH is 1. The Morgan fingerprint density at radius 2 is 2.16 bits per heavy atom. The number of amides is 2. The minimum Gasteiger partial charge on any atom is -0.482 e. The molecule has 2 amide bonds. The second kappa shape index (κ2) is 9.14. The van der Waals surface area contributed by atoms with Crippen LogP contribution in [-0.4, -0.2) is 62.2 Å². The maximum Gasteiger partial charge on any atom is 0.265 e. The molecule has 0 fully saturated rings. The highest BCUT2D eigenvalue weighted by Crippen LogP contribution is 2.33. The van der Waals surface area contributed by atoms with Crippen LogP contribution in [0.15, 0.2) is 18.2 Å². The Labute approximate surface area is 145 Å². The van der Waals surface area contributed by atoms with E-state index in [1.807, 2.05) is 0 Å². The first kappa shape index (κ1) is 18.9. The van der Waals surface area contributed by atoms with Gasteiger partial charge in [-0.05, 0) is 18.2 Å². The van der Waals surface area contributed by atoms with E-state index in [9.17, 15) is 14.4 Å². The fourth-order valence-electron chi connectivity index (χ4n) is 2.38. The van der Waals surface area contributed by atoms with E-state index >= 15 is 0 Å². The van der Waals surface area contributed by atoms with Crippen molar-refractivity contribution in [1.29, 1.82) is 0 Å². The zero-order valence-corrected chi connectivity index (χ0v) is 14.1. The normalized spacial score (nSPS) is 13.2. The number of fused-ring (bicyclic) bond motifs is 1. The van der Waals surface area contributed by atoms with Crippen LogP contribution < -0.4 is 15.0 Å². The SMILES string of the molecule is CCC(=O)c1ccc2c(c1)N(CC(=O)NCCOCCO)C(=O)CO2. The number of Topliss-reactive ketones (excluding diaryl/α,β-unsaturated/α-hetero) is 1. The molecule has 1 aromatic rings. The third-order valence-corrected chi connectivity index (χ3v) is 3.65. The van der Waals surface area contributed by atoms with Gasteiger partial charge in [0, 0.05) is 18.5 Å². The molecule has 0 atom stereocenters. The van der Waals surface area contributed by atoms with Gasteiger partial charge in [0.15, 0.2) is 12.4 Å². The number of nitrogens with zero attached hydrogens (tertiary/aromatic N) is 1. The van der Waals surface area contributed by atoms with E-state index in [4.69, 9.17) is 14.6 Å². The topological polar surface area (TPSA) is 105 Å². The maximum absolute atomic E-state index is 12.1. The van der Waals surface area contributed by atoms with Gasteiger partial charge in [-0.3, -0.25) is 19.3 Å². The summed E-state index contributed by atoms with van der Waals surface area (Å²) in [6, 6.07) is 4.87. The quantitative estimate of drug-likeness (QED) is 0.484. The van der Waals surface area contributed by atoms with Crippen molar-refractivity contribution in [2.24, 2.45) is 0 Å². The Kier molecular flexibility index (Phi) is 6.91. The first-order valence-electron chi connectivity index (χ1n) is 8.12. The van der Waals surface area contributed by atoms with Crippen LogP contribution in [-0.2, 0) is 14.3 Å². The lowest BCUT2D eigenvalue weighted by Gasteiger charge is -2.29. The van der Waals surface area contributed by atoms with Crippen LogP contribution in [0.1, 0.15) is 23.7 Å². The summed E-state index contributed by atoms with van der Waals surface area (Å²) in [5, 5.41) is 11.2. The molecule has 1 aliphatic heterocycles. The summed E-state index contributed by atoms with van der Waals surface area (Å²) >= 11 is 0. The predicted octanol–water partition coefficient (Wildman–Crippen LogP) is 0.130. The Bertz CT molecular complexity index is 646. The summed E-state index contributed by atoms with van der Waals surface area (Å²) in [4.78, 5) is 37.4. The van der Waals surface area contributed by atoms with Gasteiger partial charge in [-0.15, -0.1) is 0 Å². The Morgan fingerprint density at radius 1 is 1.36 bits per heavy atom. The van der Waals surface area contributed by atoms with Crippen molar-refractivity contribution in [2.75, 3.05) is 44.4 Å². The number of aliphatic hydroxyl groups is 1. The Morgan fingerprint density at radius 3 is 2.88 bits per heavy atom. The highest BCUT2D eigenvalue weighted by Gasteiger charge is 2.28. The van der Waals surface area contributed by atoms with Crippen molar-refractivity contribution in [3.8, 4) is 5.75 Å². The molecule has 1 aromatic carbocycles. The number of nitrogens with one attached hydrogen (secondary N) is 1. The van der Waals surface area contributed by atoms with E-state index < -0.39 is 0 Å². The number of ether oxygens (including phenoxy) is 2. The number of hydrogen-bond acceptors (Lipinski definition) is 6. The molecule has 1 aliphatic rings. The molecule has 0 saturated carbocycles. The van der Waals surface area contributed by atoms with Crippen LogP contribution in [0, 0.1) is 0 Å². The molecule has 25 heavy (non-hydrogen) atoms. The van der Waals surface area contributed by atoms with Crippen LogP contribution in [0.2, 0.25) is 0 Å². The first-order chi connectivity index (χ1) is 12.1. The summed E-state index contributed by atoms with van der Waals surface area (Å²) in [6.45, 7) is 2.12. The lowest BCUT2D eigenvalue weighted by atomic mass is 10.1. The molecule has 8 heteroatoms. The summed E-state index contributed by atoms with van der Waals surface area (Å²) in [5.74, 6) is -0.279. The fourth-order valence-corrected chi connectivity index (χ4v) is 2.38. The van der Waals surface area contributed by atoms with Crippen molar-refractivity contribution in [2.45, 2.75) is 13.3 Å². The predicted molar refractivity (Wildman–Crippen MR) is 89.8 cm³/mol. The van der Waals surface area contributed by atoms with E-state index in [1.165, 1.54) is 4.90 Å². The molecule has 0 aromatic heterocycles. The van der Waals surface area contributed by atoms with Gasteiger partial charge in [-0.2, -0.15) is 0 Å². The first-order valence-corrected chi connectivity index (χ1v) is 8.12. The average Bonchev–Trinajstić information content (AvgIpc) is 2.62. The van der Waals surface area contributed by atoms with Gasteiger partial charge in [0.25, 0.3) is 5.91 Å². The van der Waals surface area contributed by atoms with E-state index in [-0.39, 0.29) is 57.1 Å². The monoisotopic (exact) mass is 350 g/mol. The van der Waals surface area contributed by atoms with E-state index in [0.29, 0.717) is 23.4 Å². The number of anilines is 1. The zero-order chi connectivity index (χ0) is 18.2. The molecule has 0 spiro atoms. The number of benzene rings is 1. The van der Waals surface area contributed by atoms with Crippen LogP contribution in [0.4, 0.5) is 5.69 Å². The van der Waals surface area contributed by atoms with Crippen LogP contribution in [0.25, 0.3) is 0 Å². The fraction of sp³-hybridized carbons (Fsp3) is 0.471. The van der Waals surface area contributed by atoms with E-state index in [2.05, 4.69) is 5.32 Å². The molecular formula is C17H22N2O6. The molecular weight excluding hydrogens is 328 g/mol. The number of hydrogen-bond donors (Lipinski definition) is 2. The largest absolute Gasteiger partial charge is 0.482 e. The molecule has 0 aliphatic carbocycles. The standard InChI is InChI=1S/C17H22N2O6/c1-2-14(21)12-3-4-15-13(9-12)19(17(23)11-25-15)10-16(22)18-5-7-24-8-6-20/h3-4,9,20H,2,5-8,10-11H2,1H3,(H,18,22). The van der Waals surface area contributed by atoms with Gasteiger partial charge < -0.3 is 19.9 Å². The van der Waals surface area contributed by atoms with Crippen LogP contribution in [0.3, 0.4) is 0 Å². The third kappa shape index (κ3) is 5.01. The minimum absolute atomic E-state index is 0.0498. The number of carbonyl (C=O) groups is 3. The molecule has 0 saturated heterocycles. The van der Waals surface area contributed by atoms with Crippen molar-refractivity contribution in [3.63, 3.8) is 0 Å². The lowest BCUT2D eigenvalue weighted by Crippen LogP contribution is -2.45. The lowest BCUT2D eigenvalue weighted by molar-refractivity contribution is -0.125. The number of ketones is 1. The maximum atomic E-state index is 12.1. The average molecular weight is 350 g/mol. The van der Waals surface area contributed by atoms with E-state index in [0.717, 1.165) is 0 Å². The molecule has 8 nitrogen and oxygen atoms in total. The summed E-state index contributed by atoms with van der Waals surface area (Å²) < 4.78 is 10.4. The second-order valence-electron chi connectivity index (χ2n) is 5.41. The smallest absolute Gasteiger partial charge is 0.265 e.